The molecule has 0 aliphatic rings. The Labute approximate surface area is 149 Å². The van der Waals surface area contributed by atoms with Crippen LogP contribution in [0.15, 0.2) is 34.7 Å². The van der Waals surface area contributed by atoms with E-state index in [4.69, 9.17) is 18.7 Å². The average molecular weight is 362 g/mol. The van der Waals surface area contributed by atoms with Crippen LogP contribution in [0.2, 0.25) is 0 Å². The van der Waals surface area contributed by atoms with E-state index in [1.807, 2.05) is 0 Å². The first-order chi connectivity index (χ1) is 12.5. The molecule has 0 bridgehead atoms. The van der Waals surface area contributed by atoms with Crippen LogP contribution in [0.25, 0.3) is 11.4 Å². The molecule has 9 nitrogen and oxygen atoms in total. The normalized spacial score (nSPS) is 11.0. The highest BCUT2D eigenvalue weighted by atomic mass is 16.6. The van der Waals surface area contributed by atoms with Crippen molar-refractivity contribution in [1.29, 1.82) is 0 Å². The minimum absolute atomic E-state index is 0.129. The van der Waals surface area contributed by atoms with Gasteiger partial charge in [-0.15, -0.1) is 0 Å². The van der Waals surface area contributed by atoms with Crippen LogP contribution in [0.3, 0.4) is 0 Å². The zero-order valence-electron chi connectivity index (χ0n) is 14.8. The molecule has 9 heteroatoms. The number of rotatable bonds is 7. The van der Waals surface area contributed by atoms with Gasteiger partial charge in [-0.3, -0.25) is 0 Å². The second-order valence-corrected chi connectivity index (χ2v) is 4.94. The number of aryl methyl sites for hydroxylation is 1. The lowest BCUT2D eigenvalue weighted by Gasteiger charge is -2.11. The summed E-state index contributed by atoms with van der Waals surface area (Å²) in [4.78, 5) is 27.3. The van der Waals surface area contributed by atoms with E-state index in [0.29, 0.717) is 11.3 Å². The lowest BCUT2D eigenvalue weighted by atomic mass is 10.1. The van der Waals surface area contributed by atoms with Crippen molar-refractivity contribution >= 4 is 11.9 Å². The topological polar surface area (TPSA) is 110 Å². The third kappa shape index (κ3) is 4.38. The van der Waals surface area contributed by atoms with E-state index in [2.05, 4.69) is 14.9 Å². The Morgan fingerprint density at radius 2 is 2.04 bits per heavy atom. The van der Waals surface area contributed by atoms with E-state index < -0.39 is 11.9 Å². The maximum absolute atomic E-state index is 11.7. The maximum Gasteiger partial charge on any atom is 0.397 e. The van der Waals surface area contributed by atoms with Gasteiger partial charge in [0.15, 0.2) is 0 Å². The van der Waals surface area contributed by atoms with Gasteiger partial charge in [0, 0.05) is 5.56 Å². The van der Waals surface area contributed by atoms with Crippen LogP contribution in [0.5, 0.6) is 5.75 Å². The van der Waals surface area contributed by atoms with Crippen LogP contribution in [0.4, 0.5) is 0 Å². The quantitative estimate of drug-likeness (QED) is 0.416. The second kappa shape index (κ2) is 8.65. The smallest absolute Gasteiger partial charge is 0.397 e. The van der Waals surface area contributed by atoms with Gasteiger partial charge in [-0.2, -0.15) is 4.98 Å². The number of carbonyl (C=O) groups is 2. The third-order valence-corrected chi connectivity index (χ3v) is 3.15. The SMILES string of the molecule is CCOC(=O)c1nc(-c2ccc(C)c(O/C(=C\OC)C(=O)OC)c2)no1. The van der Waals surface area contributed by atoms with Crippen molar-refractivity contribution in [3.05, 3.63) is 41.7 Å². The van der Waals surface area contributed by atoms with E-state index in [1.165, 1.54) is 14.2 Å². The lowest BCUT2D eigenvalue weighted by Crippen LogP contribution is -2.11. The standard InChI is InChI=1S/C17H18N2O7/c1-5-24-17(21)15-18-14(19-26-15)11-7-6-10(2)12(8-11)25-13(9-22-3)16(20)23-4/h6-9H,5H2,1-4H3/b13-9-. The van der Waals surface area contributed by atoms with Crippen LogP contribution in [0, 0.1) is 6.92 Å². The zero-order chi connectivity index (χ0) is 19.1. The Hall–Kier alpha value is -3.36. The van der Waals surface area contributed by atoms with Crippen molar-refractivity contribution in [3.8, 4) is 17.1 Å². The van der Waals surface area contributed by atoms with Gasteiger partial charge in [0.2, 0.25) is 11.6 Å². The molecule has 0 aliphatic carbocycles. The summed E-state index contributed by atoms with van der Waals surface area (Å²) in [6, 6.07) is 5.06. The summed E-state index contributed by atoms with van der Waals surface area (Å²) in [6.07, 6.45) is 1.13. The van der Waals surface area contributed by atoms with Gasteiger partial charge in [-0.05, 0) is 25.5 Å². The molecule has 138 valence electrons. The minimum atomic E-state index is -0.703. The summed E-state index contributed by atoms with van der Waals surface area (Å²) < 4.78 is 24.7. The molecular weight excluding hydrogens is 344 g/mol. The molecule has 1 aromatic carbocycles. The number of hydrogen-bond donors (Lipinski definition) is 0. The molecule has 0 radical (unpaired) electrons. The molecule has 0 spiro atoms. The molecule has 0 saturated heterocycles. The van der Waals surface area contributed by atoms with Crippen LogP contribution < -0.4 is 4.74 Å². The van der Waals surface area contributed by atoms with Gasteiger partial charge in [-0.1, -0.05) is 17.3 Å². The molecule has 2 aromatic rings. The first kappa shape index (κ1) is 19.0. The van der Waals surface area contributed by atoms with Gasteiger partial charge in [0.05, 0.1) is 20.8 Å². The van der Waals surface area contributed by atoms with Crippen LogP contribution in [-0.2, 0) is 19.0 Å². The van der Waals surface area contributed by atoms with Crippen molar-refractivity contribution in [2.45, 2.75) is 13.8 Å². The van der Waals surface area contributed by atoms with Crippen LogP contribution in [-0.4, -0.2) is 42.9 Å². The largest absolute Gasteiger partial charge is 0.500 e. The summed E-state index contributed by atoms with van der Waals surface area (Å²) in [5, 5.41) is 3.75. The molecule has 2 rings (SSSR count). The Morgan fingerprint density at radius 1 is 1.27 bits per heavy atom. The van der Waals surface area contributed by atoms with E-state index in [-0.39, 0.29) is 24.1 Å². The summed E-state index contributed by atoms with van der Waals surface area (Å²) in [6.45, 7) is 3.66. The Balaban J connectivity index is 2.31. The highest BCUT2D eigenvalue weighted by Crippen LogP contribution is 2.27. The Kier molecular flexibility index (Phi) is 6.31. The summed E-state index contributed by atoms with van der Waals surface area (Å²) in [5.74, 6) is -1.24. The number of carbonyl (C=O) groups excluding carboxylic acids is 2. The molecule has 1 heterocycles. The lowest BCUT2D eigenvalue weighted by molar-refractivity contribution is -0.138. The Bertz CT molecular complexity index is 826. The van der Waals surface area contributed by atoms with Crippen molar-refractivity contribution in [1.82, 2.24) is 10.1 Å². The van der Waals surface area contributed by atoms with Crippen LogP contribution >= 0.6 is 0 Å². The van der Waals surface area contributed by atoms with Gasteiger partial charge in [-0.25, -0.2) is 9.59 Å². The molecule has 0 unspecified atom stereocenters. The monoisotopic (exact) mass is 362 g/mol. The number of ether oxygens (including phenoxy) is 4. The number of methoxy groups -OCH3 is 2. The molecule has 0 aliphatic heterocycles. The first-order valence-electron chi connectivity index (χ1n) is 7.61. The molecule has 0 saturated carbocycles. The predicted molar refractivity (Wildman–Crippen MR) is 88.2 cm³/mol. The van der Waals surface area contributed by atoms with E-state index in [0.717, 1.165) is 11.8 Å². The molecule has 0 atom stereocenters. The summed E-state index contributed by atoms with van der Waals surface area (Å²) in [5.41, 5.74) is 1.26. The van der Waals surface area contributed by atoms with Gasteiger partial charge in [0.25, 0.3) is 0 Å². The van der Waals surface area contributed by atoms with Crippen molar-refractivity contribution in [2.24, 2.45) is 0 Å². The number of esters is 2. The van der Waals surface area contributed by atoms with Crippen LogP contribution in [0.1, 0.15) is 23.2 Å². The predicted octanol–water partition coefficient (Wildman–Crippen LogP) is 2.26. The third-order valence-electron chi connectivity index (χ3n) is 3.15. The fourth-order valence-electron chi connectivity index (χ4n) is 1.91. The number of aromatic nitrogens is 2. The highest BCUT2D eigenvalue weighted by molar-refractivity contribution is 5.86. The number of hydrogen-bond acceptors (Lipinski definition) is 9. The fraction of sp³-hybridized carbons (Fsp3) is 0.294. The fourth-order valence-corrected chi connectivity index (χ4v) is 1.91. The molecule has 0 N–H and O–H groups in total. The highest BCUT2D eigenvalue weighted by Gasteiger charge is 2.19. The van der Waals surface area contributed by atoms with Gasteiger partial charge < -0.3 is 23.5 Å². The number of nitrogens with zero attached hydrogens (tertiary/aromatic N) is 2. The second-order valence-electron chi connectivity index (χ2n) is 4.94. The van der Waals surface area contributed by atoms with E-state index >= 15 is 0 Å². The van der Waals surface area contributed by atoms with Crippen molar-refractivity contribution in [3.63, 3.8) is 0 Å². The first-order valence-corrected chi connectivity index (χ1v) is 7.61. The van der Waals surface area contributed by atoms with Gasteiger partial charge in [0.1, 0.15) is 12.0 Å². The maximum atomic E-state index is 11.7. The summed E-state index contributed by atoms with van der Waals surface area (Å²) >= 11 is 0. The molecule has 1 aromatic heterocycles. The zero-order valence-corrected chi connectivity index (χ0v) is 14.8. The van der Waals surface area contributed by atoms with Gasteiger partial charge >= 0.3 is 17.8 Å². The number of benzene rings is 1. The molecule has 0 fully saturated rings. The summed E-state index contributed by atoms with van der Waals surface area (Å²) in [7, 11) is 2.61. The van der Waals surface area contributed by atoms with E-state index in [9.17, 15) is 9.59 Å². The molecule has 26 heavy (non-hydrogen) atoms. The van der Waals surface area contributed by atoms with E-state index in [1.54, 1.807) is 32.0 Å². The molecular formula is C17H18N2O7. The Morgan fingerprint density at radius 3 is 2.69 bits per heavy atom. The average Bonchev–Trinajstić information content (AvgIpc) is 3.12. The molecule has 0 amide bonds. The van der Waals surface area contributed by atoms with Crippen molar-refractivity contribution in [2.75, 3.05) is 20.8 Å². The van der Waals surface area contributed by atoms with Crippen molar-refractivity contribution < 1.29 is 33.1 Å². The minimum Gasteiger partial charge on any atom is -0.500 e.